The maximum atomic E-state index is 11.8. The zero-order valence-electron chi connectivity index (χ0n) is 10.4. The van der Waals surface area contributed by atoms with Crippen LogP contribution in [0.3, 0.4) is 0 Å². The fourth-order valence-corrected chi connectivity index (χ4v) is 2.08. The molecule has 1 aliphatic carbocycles. The van der Waals surface area contributed by atoms with Gasteiger partial charge in [0, 0.05) is 19.1 Å². The summed E-state index contributed by atoms with van der Waals surface area (Å²) in [6, 6.07) is 0.496. The zero-order valence-corrected chi connectivity index (χ0v) is 10.4. The van der Waals surface area contributed by atoms with Crippen LogP contribution in [0.1, 0.15) is 39.5 Å². The molecule has 0 heterocycles. The molecule has 94 valence electrons. The van der Waals surface area contributed by atoms with Crippen LogP contribution in [-0.2, 0) is 4.84 Å². The van der Waals surface area contributed by atoms with Gasteiger partial charge in [-0.1, -0.05) is 0 Å². The molecule has 2 amide bonds. The first kappa shape index (κ1) is 13.3. The molecule has 0 spiro atoms. The number of nitrogens with two attached hydrogens (primary N) is 1. The van der Waals surface area contributed by atoms with Crippen LogP contribution in [0.5, 0.6) is 0 Å². The molecule has 1 rings (SSSR count). The third kappa shape index (κ3) is 3.64. The number of urea groups is 1. The lowest BCUT2D eigenvalue weighted by molar-refractivity contribution is 0.0134. The van der Waals surface area contributed by atoms with Crippen LogP contribution in [0, 0.1) is 0 Å². The van der Waals surface area contributed by atoms with E-state index in [0.717, 1.165) is 25.7 Å². The number of hydrogen-bond donors (Lipinski definition) is 2. The molecular weight excluding hydrogens is 206 g/mol. The number of rotatable bonds is 3. The van der Waals surface area contributed by atoms with Gasteiger partial charge in [-0.2, -0.15) is 0 Å². The minimum Gasteiger partial charge on any atom is -0.336 e. The number of nitrogens with zero attached hydrogens (tertiary/aromatic N) is 1. The van der Waals surface area contributed by atoms with Crippen molar-refractivity contribution in [1.82, 2.24) is 10.2 Å². The molecular formula is C11H23N3O2. The predicted octanol–water partition coefficient (Wildman–Crippen LogP) is 1.24. The second kappa shape index (κ2) is 6.06. The fraction of sp³-hybridized carbons (Fsp3) is 0.909. The van der Waals surface area contributed by atoms with Crippen molar-refractivity contribution in [3.05, 3.63) is 0 Å². The highest BCUT2D eigenvalue weighted by atomic mass is 16.6. The van der Waals surface area contributed by atoms with Crippen molar-refractivity contribution < 1.29 is 9.63 Å². The summed E-state index contributed by atoms with van der Waals surface area (Å²) in [5, 5.41) is 2.90. The SMILES string of the molecule is CC(C)NC(=O)N(C)C1CCC(ON)CC1. The van der Waals surface area contributed by atoms with Crippen LogP contribution < -0.4 is 11.2 Å². The second-order valence-electron chi connectivity index (χ2n) is 4.78. The van der Waals surface area contributed by atoms with E-state index in [4.69, 9.17) is 10.7 Å². The summed E-state index contributed by atoms with van der Waals surface area (Å²) in [6.45, 7) is 3.93. The monoisotopic (exact) mass is 229 g/mol. The Morgan fingerprint density at radius 3 is 2.38 bits per heavy atom. The van der Waals surface area contributed by atoms with Gasteiger partial charge < -0.3 is 15.1 Å². The average Bonchev–Trinajstić information content (AvgIpc) is 2.27. The molecule has 0 radical (unpaired) electrons. The Balaban J connectivity index is 2.37. The van der Waals surface area contributed by atoms with Crippen molar-refractivity contribution in [1.29, 1.82) is 0 Å². The van der Waals surface area contributed by atoms with Crippen molar-refractivity contribution in [2.24, 2.45) is 5.90 Å². The first-order valence-electron chi connectivity index (χ1n) is 5.93. The van der Waals surface area contributed by atoms with Gasteiger partial charge in [-0.3, -0.25) is 0 Å². The van der Waals surface area contributed by atoms with Crippen LogP contribution >= 0.6 is 0 Å². The Morgan fingerprint density at radius 1 is 1.38 bits per heavy atom. The van der Waals surface area contributed by atoms with E-state index in [1.54, 1.807) is 4.90 Å². The summed E-state index contributed by atoms with van der Waals surface area (Å²) in [4.78, 5) is 18.4. The Kier molecular flexibility index (Phi) is 5.02. The van der Waals surface area contributed by atoms with Gasteiger partial charge in [0.05, 0.1) is 6.10 Å². The van der Waals surface area contributed by atoms with Crippen LogP contribution in [0.2, 0.25) is 0 Å². The molecule has 3 N–H and O–H groups in total. The van der Waals surface area contributed by atoms with Gasteiger partial charge in [-0.05, 0) is 39.5 Å². The fourth-order valence-electron chi connectivity index (χ4n) is 2.08. The molecule has 1 fully saturated rings. The van der Waals surface area contributed by atoms with Gasteiger partial charge in [0.15, 0.2) is 0 Å². The molecule has 1 aliphatic rings. The van der Waals surface area contributed by atoms with Crippen LogP contribution in [-0.4, -0.2) is 36.2 Å². The summed E-state index contributed by atoms with van der Waals surface area (Å²) >= 11 is 0. The van der Waals surface area contributed by atoms with E-state index < -0.39 is 0 Å². The Bertz CT molecular complexity index is 225. The smallest absolute Gasteiger partial charge is 0.317 e. The molecule has 0 aromatic heterocycles. The minimum absolute atomic E-state index is 0.00659. The van der Waals surface area contributed by atoms with E-state index >= 15 is 0 Å². The van der Waals surface area contributed by atoms with E-state index in [0.29, 0.717) is 6.04 Å². The lowest BCUT2D eigenvalue weighted by Gasteiger charge is -2.34. The Labute approximate surface area is 97.3 Å². The summed E-state index contributed by atoms with van der Waals surface area (Å²) in [7, 11) is 1.85. The topological polar surface area (TPSA) is 67.6 Å². The predicted molar refractivity (Wildman–Crippen MR) is 62.7 cm³/mol. The van der Waals surface area contributed by atoms with E-state index in [1.165, 1.54) is 0 Å². The molecule has 5 heteroatoms. The molecule has 0 unspecified atom stereocenters. The quantitative estimate of drug-likeness (QED) is 0.715. The highest BCUT2D eigenvalue weighted by Crippen LogP contribution is 2.23. The van der Waals surface area contributed by atoms with Crippen LogP contribution in [0.15, 0.2) is 0 Å². The molecule has 16 heavy (non-hydrogen) atoms. The lowest BCUT2D eigenvalue weighted by atomic mass is 9.92. The van der Waals surface area contributed by atoms with E-state index in [2.05, 4.69) is 5.32 Å². The van der Waals surface area contributed by atoms with Crippen molar-refractivity contribution in [3.63, 3.8) is 0 Å². The number of amides is 2. The van der Waals surface area contributed by atoms with Gasteiger partial charge in [0.25, 0.3) is 0 Å². The molecule has 0 aromatic carbocycles. The van der Waals surface area contributed by atoms with Gasteiger partial charge in [-0.15, -0.1) is 0 Å². The largest absolute Gasteiger partial charge is 0.336 e. The number of nitrogens with one attached hydrogen (secondary N) is 1. The maximum absolute atomic E-state index is 11.8. The summed E-state index contributed by atoms with van der Waals surface area (Å²) < 4.78 is 0. The third-order valence-electron chi connectivity index (χ3n) is 3.12. The Hall–Kier alpha value is -0.810. The molecule has 0 aliphatic heterocycles. The number of carbonyl (C=O) groups is 1. The third-order valence-corrected chi connectivity index (χ3v) is 3.12. The van der Waals surface area contributed by atoms with Gasteiger partial charge in [-0.25, -0.2) is 10.7 Å². The summed E-state index contributed by atoms with van der Waals surface area (Å²) in [5.74, 6) is 5.16. The van der Waals surface area contributed by atoms with Crippen molar-refractivity contribution >= 4 is 6.03 Å². The molecule has 0 saturated heterocycles. The van der Waals surface area contributed by atoms with Crippen molar-refractivity contribution in [3.8, 4) is 0 Å². The lowest BCUT2D eigenvalue weighted by Crippen LogP contribution is -2.47. The zero-order chi connectivity index (χ0) is 12.1. The first-order chi connectivity index (χ1) is 7.54. The van der Waals surface area contributed by atoms with E-state index in [1.807, 2.05) is 20.9 Å². The second-order valence-corrected chi connectivity index (χ2v) is 4.78. The molecule has 5 nitrogen and oxygen atoms in total. The highest BCUT2D eigenvalue weighted by molar-refractivity contribution is 5.74. The number of carbonyl (C=O) groups excluding carboxylic acids is 1. The molecule has 1 saturated carbocycles. The van der Waals surface area contributed by atoms with E-state index in [9.17, 15) is 4.79 Å². The van der Waals surface area contributed by atoms with Crippen molar-refractivity contribution in [2.45, 2.75) is 57.7 Å². The van der Waals surface area contributed by atoms with Crippen molar-refractivity contribution in [2.75, 3.05) is 7.05 Å². The van der Waals surface area contributed by atoms with E-state index in [-0.39, 0.29) is 18.2 Å². The highest BCUT2D eigenvalue weighted by Gasteiger charge is 2.26. The minimum atomic E-state index is 0.00659. The van der Waals surface area contributed by atoms with Gasteiger partial charge in [0.1, 0.15) is 0 Å². The van der Waals surface area contributed by atoms with Gasteiger partial charge >= 0.3 is 6.03 Å². The number of hydrogen-bond acceptors (Lipinski definition) is 3. The normalized spacial score (nSPS) is 25.6. The molecule has 0 atom stereocenters. The first-order valence-corrected chi connectivity index (χ1v) is 5.93. The van der Waals surface area contributed by atoms with Gasteiger partial charge in [0.2, 0.25) is 0 Å². The molecule has 0 aromatic rings. The summed E-state index contributed by atoms with van der Waals surface area (Å²) in [5.41, 5.74) is 0. The standard InChI is InChI=1S/C11H23N3O2/c1-8(2)13-11(15)14(3)9-4-6-10(16-12)7-5-9/h8-10H,4-7,12H2,1-3H3,(H,13,15). The van der Waals surface area contributed by atoms with Crippen LogP contribution in [0.25, 0.3) is 0 Å². The molecule has 0 bridgehead atoms. The average molecular weight is 229 g/mol. The summed E-state index contributed by atoms with van der Waals surface area (Å²) in [6.07, 6.45) is 3.95. The Morgan fingerprint density at radius 2 is 1.94 bits per heavy atom. The van der Waals surface area contributed by atoms with Crippen LogP contribution in [0.4, 0.5) is 4.79 Å². The maximum Gasteiger partial charge on any atom is 0.317 e.